The first-order valence-electron chi connectivity index (χ1n) is 5.82. The molecule has 0 atom stereocenters. The molecule has 0 saturated carbocycles. The van der Waals surface area contributed by atoms with Crippen molar-refractivity contribution in [3.63, 3.8) is 0 Å². The number of aryl methyl sites for hydroxylation is 1. The third-order valence-electron chi connectivity index (χ3n) is 2.59. The highest BCUT2D eigenvalue weighted by atomic mass is 19.4. The number of alkyl halides is 3. The number of halogens is 3. The molecule has 2 aromatic rings. The van der Waals surface area contributed by atoms with E-state index in [-0.39, 0.29) is 12.2 Å². The second-order valence-electron chi connectivity index (χ2n) is 4.25. The lowest BCUT2D eigenvalue weighted by atomic mass is 10.1. The number of para-hydroxylation sites is 1. The Morgan fingerprint density at radius 2 is 2.00 bits per heavy atom. The molecule has 4 nitrogen and oxygen atoms in total. The number of nitrogens with zero attached hydrogens (tertiary/aromatic N) is 2. The van der Waals surface area contributed by atoms with Crippen molar-refractivity contribution < 1.29 is 18.0 Å². The SMILES string of the molecule is Cc1ccn(CC(=O)Nc2ccccc2C(F)(F)F)n1. The molecule has 1 amide bonds. The van der Waals surface area contributed by atoms with Crippen molar-refractivity contribution >= 4 is 11.6 Å². The van der Waals surface area contributed by atoms with Gasteiger partial charge in [0.1, 0.15) is 6.54 Å². The monoisotopic (exact) mass is 283 g/mol. The summed E-state index contributed by atoms with van der Waals surface area (Å²) >= 11 is 0. The van der Waals surface area contributed by atoms with E-state index in [4.69, 9.17) is 0 Å². The number of hydrogen-bond acceptors (Lipinski definition) is 2. The number of hydrogen-bond donors (Lipinski definition) is 1. The highest BCUT2D eigenvalue weighted by Crippen LogP contribution is 2.34. The first-order valence-corrected chi connectivity index (χ1v) is 5.82. The van der Waals surface area contributed by atoms with E-state index in [0.29, 0.717) is 0 Å². The van der Waals surface area contributed by atoms with Gasteiger partial charge in [0.05, 0.1) is 16.9 Å². The van der Waals surface area contributed by atoms with Gasteiger partial charge in [-0.3, -0.25) is 9.48 Å². The number of benzene rings is 1. The highest BCUT2D eigenvalue weighted by Gasteiger charge is 2.33. The summed E-state index contributed by atoms with van der Waals surface area (Å²) in [7, 11) is 0. The van der Waals surface area contributed by atoms with Crippen molar-refractivity contribution in [2.24, 2.45) is 0 Å². The van der Waals surface area contributed by atoms with Crippen molar-refractivity contribution in [3.05, 3.63) is 47.8 Å². The summed E-state index contributed by atoms with van der Waals surface area (Å²) in [5.41, 5.74) is -0.396. The smallest absolute Gasteiger partial charge is 0.324 e. The molecule has 0 aliphatic heterocycles. The van der Waals surface area contributed by atoms with E-state index in [1.165, 1.54) is 22.9 Å². The third kappa shape index (κ3) is 3.37. The Kier molecular flexibility index (Phi) is 3.78. The molecule has 0 bridgehead atoms. The van der Waals surface area contributed by atoms with Crippen LogP contribution in [0.4, 0.5) is 18.9 Å². The molecule has 0 radical (unpaired) electrons. The maximum atomic E-state index is 12.8. The van der Waals surface area contributed by atoms with Gasteiger partial charge in [0.15, 0.2) is 0 Å². The van der Waals surface area contributed by atoms with Gasteiger partial charge in [-0.1, -0.05) is 12.1 Å². The average molecular weight is 283 g/mol. The summed E-state index contributed by atoms with van der Waals surface area (Å²) in [6.07, 6.45) is -2.92. The van der Waals surface area contributed by atoms with E-state index in [1.54, 1.807) is 19.2 Å². The van der Waals surface area contributed by atoms with Crippen molar-refractivity contribution in [1.82, 2.24) is 9.78 Å². The lowest BCUT2D eigenvalue weighted by molar-refractivity contribution is -0.137. The molecule has 7 heteroatoms. The quantitative estimate of drug-likeness (QED) is 0.941. The molecule has 1 heterocycles. The molecule has 20 heavy (non-hydrogen) atoms. The van der Waals surface area contributed by atoms with Crippen LogP contribution in [0.5, 0.6) is 0 Å². The van der Waals surface area contributed by atoms with Crippen molar-refractivity contribution in [2.45, 2.75) is 19.6 Å². The molecule has 0 unspecified atom stereocenters. The van der Waals surface area contributed by atoms with Crippen LogP contribution in [0.2, 0.25) is 0 Å². The Morgan fingerprint density at radius 3 is 2.60 bits per heavy atom. The van der Waals surface area contributed by atoms with Gasteiger partial charge in [-0.25, -0.2) is 0 Å². The molecule has 0 aliphatic rings. The molecule has 1 N–H and O–H groups in total. The number of amides is 1. The second-order valence-corrected chi connectivity index (χ2v) is 4.25. The molecule has 0 saturated heterocycles. The van der Waals surface area contributed by atoms with Crippen molar-refractivity contribution in [3.8, 4) is 0 Å². The molecule has 2 rings (SSSR count). The summed E-state index contributed by atoms with van der Waals surface area (Å²) < 4.78 is 39.6. The van der Waals surface area contributed by atoms with Crippen LogP contribution in [0, 0.1) is 6.92 Å². The zero-order valence-electron chi connectivity index (χ0n) is 10.6. The van der Waals surface area contributed by atoms with Gasteiger partial charge in [-0.15, -0.1) is 0 Å². The Hall–Kier alpha value is -2.31. The van der Waals surface area contributed by atoms with Crippen LogP contribution in [0.15, 0.2) is 36.5 Å². The molecular formula is C13H12F3N3O. The number of rotatable bonds is 3. The fourth-order valence-electron chi connectivity index (χ4n) is 1.73. The minimum absolute atomic E-state index is 0.139. The van der Waals surface area contributed by atoms with E-state index >= 15 is 0 Å². The van der Waals surface area contributed by atoms with Crippen LogP contribution in [0.3, 0.4) is 0 Å². The van der Waals surface area contributed by atoms with E-state index < -0.39 is 17.6 Å². The summed E-state index contributed by atoms with van der Waals surface area (Å²) in [6, 6.07) is 6.55. The topological polar surface area (TPSA) is 46.9 Å². The Morgan fingerprint density at radius 1 is 1.30 bits per heavy atom. The normalized spacial score (nSPS) is 11.4. The number of nitrogens with one attached hydrogen (secondary N) is 1. The minimum atomic E-state index is -4.51. The van der Waals surface area contributed by atoms with Crippen LogP contribution < -0.4 is 5.32 Å². The summed E-state index contributed by atoms with van der Waals surface area (Å²) in [6.45, 7) is 1.62. The first-order chi connectivity index (χ1) is 9.36. The maximum absolute atomic E-state index is 12.8. The highest BCUT2D eigenvalue weighted by molar-refractivity contribution is 5.91. The largest absolute Gasteiger partial charge is 0.418 e. The number of carbonyl (C=O) groups excluding carboxylic acids is 1. The lowest BCUT2D eigenvalue weighted by Crippen LogP contribution is -2.21. The average Bonchev–Trinajstić information content (AvgIpc) is 2.73. The minimum Gasteiger partial charge on any atom is -0.324 e. The second kappa shape index (κ2) is 5.36. The number of carbonyl (C=O) groups is 1. The number of aromatic nitrogens is 2. The van der Waals surface area contributed by atoms with Gasteiger partial charge in [-0.2, -0.15) is 18.3 Å². The summed E-state index contributed by atoms with van der Waals surface area (Å²) in [5, 5.41) is 6.25. The van der Waals surface area contributed by atoms with Gasteiger partial charge >= 0.3 is 6.18 Å². The van der Waals surface area contributed by atoms with Crippen LogP contribution in [0.1, 0.15) is 11.3 Å². The zero-order chi connectivity index (χ0) is 14.8. The molecule has 1 aromatic heterocycles. The summed E-state index contributed by atoms with van der Waals surface area (Å²) in [4.78, 5) is 11.7. The van der Waals surface area contributed by atoms with Gasteiger partial charge in [0.2, 0.25) is 5.91 Å². The van der Waals surface area contributed by atoms with Gasteiger partial charge in [0, 0.05) is 6.20 Å². The van der Waals surface area contributed by atoms with Crippen LogP contribution in [-0.2, 0) is 17.5 Å². The zero-order valence-corrected chi connectivity index (χ0v) is 10.6. The molecule has 1 aromatic carbocycles. The molecule has 0 aliphatic carbocycles. The van der Waals surface area contributed by atoms with Crippen molar-refractivity contribution in [2.75, 3.05) is 5.32 Å². The first kappa shape index (κ1) is 14.1. The Labute approximate surface area is 113 Å². The standard InChI is InChI=1S/C13H12F3N3O/c1-9-6-7-19(18-9)8-12(20)17-11-5-3-2-4-10(11)13(14,15)16/h2-7H,8H2,1H3,(H,17,20). The third-order valence-corrected chi connectivity index (χ3v) is 2.59. The molecule has 106 valence electrons. The maximum Gasteiger partial charge on any atom is 0.418 e. The predicted molar refractivity (Wildman–Crippen MR) is 67.0 cm³/mol. The van der Waals surface area contributed by atoms with Crippen molar-refractivity contribution in [1.29, 1.82) is 0 Å². The van der Waals surface area contributed by atoms with Crippen LogP contribution in [-0.4, -0.2) is 15.7 Å². The van der Waals surface area contributed by atoms with Crippen LogP contribution >= 0.6 is 0 Å². The van der Waals surface area contributed by atoms with E-state index in [9.17, 15) is 18.0 Å². The molecular weight excluding hydrogens is 271 g/mol. The fraction of sp³-hybridized carbons (Fsp3) is 0.231. The predicted octanol–water partition coefficient (Wildman–Crippen LogP) is 2.85. The lowest BCUT2D eigenvalue weighted by Gasteiger charge is -2.13. The molecule has 0 fully saturated rings. The summed E-state index contributed by atoms with van der Waals surface area (Å²) in [5.74, 6) is -0.565. The molecule has 0 spiro atoms. The fourth-order valence-corrected chi connectivity index (χ4v) is 1.73. The van der Waals surface area contributed by atoms with Crippen LogP contribution in [0.25, 0.3) is 0 Å². The van der Waals surface area contributed by atoms with Gasteiger partial charge in [0.25, 0.3) is 0 Å². The van der Waals surface area contributed by atoms with E-state index in [0.717, 1.165) is 11.8 Å². The van der Waals surface area contributed by atoms with E-state index in [2.05, 4.69) is 10.4 Å². The Bertz CT molecular complexity index is 619. The van der Waals surface area contributed by atoms with Gasteiger partial charge < -0.3 is 5.32 Å². The van der Waals surface area contributed by atoms with Gasteiger partial charge in [-0.05, 0) is 25.1 Å². The number of anilines is 1. The Balaban J connectivity index is 2.12. The van der Waals surface area contributed by atoms with E-state index in [1.807, 2.05) is 0 Å².